The van der Waals surface area contributed by atoms with E-state index in [1.54, 1.807) is 6.92 Å². The second-order valence-corrected chi connectivity index (χ2v) is 25.3. The number of sulfone groups is 2. The summed E-state index contributed by atoms with van der Waals surface area (Å²) < 4.78 is 202. The fourth-order valence-electron chi connectivity index (χ4n) is 6.67. The lowest BCUT2D eigenvalue weighted by molar-refractivity contribution is -0.432. The van der Waals surface area contributed by atoms with Gasteiger partial charge in [-0.2, -0.15) is 53.7 Å². The first-order valence-corrected chi connectivity index (χ1v) is 30.6. The van der Waals surface area contributed by atoms with E-state index in [0.717, 1.165) is 30.3 Å². The van der Waals surface area contributed by atoms with Crippen LogP contribution in [-0.4, -0.2) is 120 Å². The normalized spacial score (nSPS) is 12.8. The average molecular weight is 1260 g/mol. The molecule has 7 N–H and O–H groups in total. The van der Waals surface area contributed by atoms with E-state index in [4.69, 9.17) is 30.7 Å². The summed E-state index contributed by atoms with van der Waals surface area (Å²) in [4.78, 5) is 10.5. The Kier molecular flexibility index (Phi) is 18.7. The highest BCUT2D eigenvalue weighted by atomic mass is 35.5. The molecule has 0 saturated carbocycles. The predicted octanol–water partition coefficient (Wildman–Crippen LogP) is 7.01. The Bertz CT molecular complexity index is 4200. The van der Waals surface area contributed by atoms with Crippen molar-refractivity contribution in [3.8, 4) is 11.5 Å². The van der Waals surface area contributed by atoms with Crippen LogP contribution < -0.4 is 15.0 Å². The number of hydrogen-bond acceptors (Lipinski definition) is 29. The molecular formula is C39H36ClN9O23S7. The molecule has 1 aromatic heterocycles. The quantitative estimate of drug-likeness (QED) is 0.00799. The molecule has 0 spiro atoms. The lowest BCUT2D eigenvalue weighted by atomic mass is 10.1. The van der Waals surface area contributed by atoms with E-state index < -0.39 is 121 Å². The molecule has 0 aliphatic rings. The van der Waals surface area contributed by atoms with Crippen molar-refractivity contribution in [2.24, 2.45) is 20.5 Å². The van der Waals surface area contributed by atoms with Gasteiger partial charge in [0.15, 0.2) is 15.6 Å². The van der Waals surface area contributed by atoms with E-state index in [1.165, 1.54) is 55.3 Å². The number of aromatic hydroxyl groups is 1. The van der Waals surface area contributed by atoms with Crippen LogP contribution >= 0.6 is 23.6 Å². The van der Waals surface area contributed by atoms with Gasteiger partial charge in [0.1, 0.15) is 27.7 Å². The second-order valence-electron chi connectivity index (χ2n) is 15.2. The third-order valence-electron chi connectivity index (χ3n) is 10.1. The minimum Gasteiger partial charge on any atom is -0.505 e. The zero-order chi connectivity index (χ0) is 58.6. The van der Waals surface area contributed by atoms with Crippen molar-refractivity contribution in [2.75, 3.05) is 36.2 Å². The van der Waals surface area contributed by atoms with Crippen LogP contribution in [0.1, 0.15) is 12.5 Å². The summed E-state index contributed by atoms with van der Waals surface area (Å²) in [5.74, 6) is -2.43. The Morgan fingerprint density at radius 3 is 2.08 bits per heavy atom. The largest absolute Gasteiger partial charge is 0.505 e. The van der Waals surface area contributed by atoms with Gasteiger partial charge in [0.2, 0.25) is 32.1 Å². The average Bonchev–Trinajstić information content (AvgIpc) is 3.40. The van der Waals surface area contributed by atoms with Crippen molar-refractivity contribution in [1.29, 1.82) is 0 Å². The number of anilines is 4. The summed E-state index contributed by atoms with van der Waals surface area (Å²) >= 11 is 6.57. The van der Waals surface area contributed by atoms with Gasteiger partial charge >= 0.3 is 20.8 Å². The second kappa shape index (κ2) is 24.0. The maximum atomic E-state index is 13.1. The van der Waals surface area contributed by atoms with Crippen LogP contribution in [0.3, 0.4) is 0 Å². The Balaban J connectivity index is 1.41. The topological polar surface area (TPSA) is 476 Å². The molecule has 0 atom stereocenters. The number of halogens is 1. The molecule has 0 unspecified atom stereocenters. The minimum absolute atomic E-state index is 0.0340. The summed E-state index contributed by atoms with van der Waals surface area (Å²) in [5, 5.41) is 41.2. The van der Waals surface area contributed by atoms with Crippen molar-refractivity contribution >= 4 is 141 Å². The molecule has 0 aliphatic carbocycles. The number of fused-ring (bicyclic) bond motifs is 1. The van der Waals surface area contributed by atoms with Crippen molar-refractivity contribution in [1.82, 2.24) is 15.0 Å². The van der Waals surface area contributed by atoms with Crippen LogP contribution in [0.4, 0.5) is 46.0 Å². The van der Waals surface area contributed by atoms with Gasteiger partial charge in [-0.1, -0.05) is 11.1 Å². The van der Waals surface area contributed by atoms with E-state index in [2.05, 4.69) is 65.0 Å². The number of nitrogens with one attached hydrogen (secondary N) is 1. The molecule has 79 heavy (non-hydrogen) atoms. The zero-order valence-electron chi connectivity index (χ0n) is 39.7. The summed E-state index contributed by atoms with van der Waals surface area (Å²) in [5.41, 5.74) is -1.25. The predicted molar refractivity (Wildman–Crippen MR) is 274 cm³/mol. The van der Waals surface area contributed by atoms with Gasteiger partial charge in [0.25, 0.3) is 20.2 Å². The standard InChI is InChI=1S/C39H36ClN9O23S7/c1-5-49(23-7-6-8-24(16-23)74(52,53)12-11-69-78(62,63)64)39-43-37(40)42-38(44-39)41-30-17-26(76(56,57)58)14-22-15-32(73-72-71-51)35(36(50)34(22)30)48-47-29-13-20(2)28(19-31(29)68-4)46-45-27-10-9-25(18-33(27)77(59,60)61)75(54,55)21(3)70-79(65,66)67/h6-10,13-19,50-51H,3,5,11-12H2,1-2,4H3,(H,56,57,58)(H,59,60,61)(H,62,63,64)(H,65,66,67)(H,41,42,43,44). The molecule has 0 fully saturated rings. The zero-order valence-corrected chi connectivity index (χ0v) is 46.2. The maximum absolute atomic E-state index is 13.1. The van der Waals surface area contributed by atoms with E-state index in [1.807, 2.05) is 0 Å². The van der Waals surface area contributed by atoms with E-state index in [-0.39, 0.29) is 79.2 Å². The first-order chi connectivity index (χ1) is 36.6. The number of phenolic OH excluding ortho intramolecular Hbond substituents is 1. The lowest BCUT2D eigenvalue weighted by Gasteiger charge is -2.22. The number of aryl methyl sites for hydroxylation is 1. The smallest absolute Gasteiger partial charge is 0.447 e. The summed E-state index contributed by atoms with van der Waals surface area (Å²) in [6.45, 7) is 5.11. The summed E-state index contributed by atoms with van der Waals surface area (Å²) in [6.07, 6.45) is 0. The van der Waals surface area contributed by atoms with Gasteiger partial charge in [0, 0.05) is 23.7 Å². The Hall–Kier alpha value is -6.67. The first-order valence-electron chi connectivity index (χ1n) is 20.8. The maximum Gasteiger partial charge on any atom is 0.447 e. The van der Waals surface area contributed by atoms with Crippen LogP contribution in [0.2, 0.25) is 5.28 Å². The molecule has 32 nitrogen and oxygen atoms in total. The third kappa shape index (κ3) is 15.4. The van der Waals surface area contributed by atoms with Crippen LogP contribution in [-0.2, 0) is 78.4 Å². The van der Waals surface area contributed by atoms with Crippen LogP contribution in [0.25, 0.3) is 10.8 Å². The van der Waals surface area contributed by atoms with Crippen molar-refractivity contribution in [3.05, 3.63) is 95.3 Å². The van der Waals surface area contributed by atoms with Crippen molar-refractivity contribution in [2.45, 2.75) is 38.3 Å². The number of aromatic nitrogens is 3. The molecule has 424 valence electrons. The molecule has 0 aliphatic heterocycles. The molecule has 40 heteroatoms. The molecular weight excluding hydrogens is 1220 g/mol. The van der Waals surface area contributed by atoms with Gasteiger partial charge < -0.3 is 24.2 Å². The molecule has 5 aromatic carbocycles. The van der Waals surface area contributed by atoms with Gasteiger partial charge in [-0.25, -0.2) is 26.3 Å². The van der Waals surface area contributed by atoms with Crippen molar-refractivity contribution in [3.63, 3.8) is 0 Å². The number of hydrogen-bond donors (Lipinski definition) is 7. The van der Waals surface area contributed by atoms with Crippen LogP contribution in [0.5, 0.6) is 11.5 Å². The summed E-state index contributed by atoms with van der Waals surface area (Å²) in [6, 6.07) is 12.6. The highest BCUT2D eigenvalue weighted by molar-refractivity contribution is 7.96. The molecule has 6 rings (SSSR count). The molecule has 0 radical (unpaired) electrons. The SMILES string of the molecule is C=C(OS(=O)(=O)O)S(=O)(=O)c1ccc(N=Nc2cc(OC)c(N=Nc3c(SOOO)cc4cc(S(=O)(=O)O)cc(Nc5nc(Cl)nc(N(CC)c6cccc(S(=O)(=O)CCOS(=O)(=O)O)c6)n5)c4c3O)cc2C)c(S(=O)(=O)O)c1. The molecule has 0 amide bonds. The fraction of sp³-hybridized carbons (Fsp3) is 0.154. The summed E-state index contributed by atoms with van der Waals surface area (Å²) in [7, 11) is -28.7. The number of phenols is 1. The Morgan fingerprint density at radius 2 is 1.46 bits per heavy atom. The van der Waals surface area contributed by atoms with E-state index in [0.29, 0.717) is 6.07 Å². The van der Waals surface area contributed by atoms with Crippen LogP contribution in [0, 0.1) is 6.92 Å². The molecule has 0 bridgehead atoms. The monoisotopic (exact) mass is 1260 g/mol. The van der Waals surface area contributed by atoms with Crippen LogP contribution in [0.15, 0.2) is 129 Å². The van der Waals surface area contributed by atoms with E-state index >= 15 is 0 Å². The van der Waals surface area contributed by atoms with Gasteiger partial charge in [0.05, 0.1) is 62.5 Å². The number of ether oxygens (including phenoxy) is 1. The number of nitrogens with zero attached hydrogens (tertiary/aromatic N) is 8. The van der Waals surface area contributed by atoms with E-state index in [9.17, 15) is 64.7 Å². The molecule has 1 heterocycles. The van der Waals surface area contributed by atoms with Gasteiger partial charge in [-0.05, 0) is 104 Å². The van der Waals surface area contributed by atoms with Gasteiger partial charge in [-0.3, -0.25) is 18.2 Å². The molecule has 0 saturated heterocycles. The first kappa shape index (κ1) is 61.5. The number of benzene rings is 5. The highest BCUT2D eigenvalue weighted by Crippen LogP contribution is 2.48. The Morgan fingerprint density at radius 1 is 0.772 bits per heavy atom. The van der Waals surface area contributed by atoms with Crippen molar-refractivity contribution < 1.29 is 102 Å². The van der Waals surface area contributed by atoms with Gasteiger partial charge in [-0.15, -0.1) is 19.7 Å². The minimum atomic E-state index is -5.38. The number of methoxy groups -OCH3 is 1. The number of rotatable bonds is 24. The fourth-order valence-corrected chi connectivity index (χ4v) is 11.8. The molecule has 6 aromatic rings. The Labute approximate surface area is 456 Å². The third-order valence-corrected chi connectivity index (χ3v) is 16.8. The lowest BCUT2D eigenvalue weighted by Crippen LogP contribution is -2.21. The highest BCUT2D eigenvalue weighted by Gasteiger charge is 2.29. The number of azo groups is 2.